The van der Waals surface area contributed by atoms with Gasteiger partial charge in [0.05, 0.1) is 0 Å². The lowest BCUT2D eigenvalue weighted by atomic mass is 10.1. The van der Waals surface area contributed by atoms with Crippen LogP contribution in [-0.4, -0.2) is 37.0 Å². The van der Waals surface area contributed by atoms with E-state index in [1.807, 2.05) is 30.3 Å². The number of nitrogens with one attached hydrogen (secondary N) is 1. The Morgan fingerprint density at radius 1 is 1.20 bits per heavy atom. The molecule has 1 atom stereocenters. The molecule has 2 rings (SSSR count). The molecule has 1 aromatic rings. The summed E-state index contributed by atoms with van der Waals surface area (Å²) in [7, 11) is 0. The number of carbonyl (C=O) groups excluding carboxylic acids is 1. The Morgan fingerprint density at radius 2 is 1.90 bits per heavy atom. The smallest absolute Gasteiger partial charge is 0.241 e. The van der Waals surface area contributed by atoms with Gasteiger partial charge < -0.3 is 16.0 Å². The number of rotatable bonds is 6. The molecule has 0 saturated carbocycles. The average Bonchev–Trinajstić information content (AvgIpc) is 2.52. The molecule has 0 bridgehead atoms. The zero-order valence-corrected chi connectivity index (χ0v) is 12.1. The minimum atomic E-state index is -0.564. The molecular formula is C16H25N3O. The summed E-state index contributed by atoms with van der Waals surface area (Å²) in [5.41, 5.74) is 6.80. The van der Waals surface area contributed by atoms with Gasteiger partial charge in [0.15, 0.2) is 0 Å². The first-order valence-corrected chi connectivity index (χ1v) is 7.58. The van der Waals surface area contributed by atoms with E-state index in [1.54, 1.807) is 0 Å². The molecule has 4 heteroatoms. The molecule has 1 aliphatic rings. The topological polar surface area (TPSA) is 58.4 Å². The third-order valence-electron chi connectivity index (χ3n) is 3.84. The predicted molar refractivity (Wildman–Crippen MR) is 81.3 cm³/mol. The fraction of sp³-hybridized carbons (Fsp3) is 0.562. The molecule has 0 radical (unpaired) electrons. The van der Waals surface area contributed by atoms with Gasteiger partial charge in [-0.05, 0) is 44.5 Å². The molecule has 110 valence electrons. The minimum absolute atomic E-state index is 0.0881. The Kier molecular flexibility index (Phi) is 6.02. The summed E-state index contributed by atoms with van der Waals surface area (Å²) >= 11 is 0. The molecule has 20 heavy (non-hydrogen) atoms. The van der Waals surface area contributed by atoms with Crippen molar-refractivity contribution < 1.29 is 4.79 Å². The van der Waals surface area contributed by atoms with Crippen LogP contribution in [0.5, 0.6) is 0 Å². The zero-order valence-electron chi connectivity index (χ0n) is 12.1. The first kappa shape index (κ1) is 15.0. The standard InChI is InChI=1S/C16H25N3O/c17-15(14-8-3-1-4-9-14)16(20)18-10-7-13-19-11-5-2-6-12-19/h1,3-4,8-9,15H,2,5-7,10-13,17H2,(H,18,20)/t15-/m1/s1. The van der Waals surface area contributed by atoms with E-state index in [0.29, 0.717) is 6.54 Å². The lowest BCUT2D eigenvalue weighted by Crippen LogP contribution is -2.37. The minimum Gasteiger partial charge on any atom is -0.354 e. The van der Waals surface area contributed by atoms with Crippen molar-refractivity contribution in [3.63, 3.8) is 0 Å². The van der Waals surface area contributed by atoms with Crippen LogP contribution in [0.25, 0.3) is 0 Å². The van der Waals surface area contributed by atoms with E-state index in [0.717, 1.165) is 18.5 Å². The first-order valence-electron chi connectivity index (χ1n) is 7.58. The maximum atomic E-state index is 11.9. The average molecular weight is 275 g/mol. The molecule has 1 fully saturated rings. The second-order valence-electron chi connectivity index (χ2n) is 5.44. The van der Waals surface area contributed by atoms with Crippen LogP contribution in [0.4, 0.5) is 0 Å². The summed E-state index contributed by atoms with van der Waals surface area (Å²) in [5.74, 6) is -0.0881. The molecule has 3 N–H and O–H groups in total. The highest BCUT2D eigenvalue weighted by Crippen LogP contribution is 2.10. The molecule has 0 spiro atoms. The maximum absolute atomic E-state index is 11.9. The number of amides is 1. The summed E-state index contributed by atoms with van der Waals surface area (Å²) in [5, 5.41) is 2.93. The van der Waals surface area contributed by atoms with Crippen molar-refractivity contribution in [2.45, 2.75) is 31.7 Å². The van der Waals surface area contributed by atoms with Crippen LogP contribution in [0.3, 0.4) is 0 Å². The predicted octanol–water partition coefficient (Wildman–Crippen LogP) is 1.68. The number of likely N-dealkylation sites (tertiary alicyclic amines) is 1. The Morgan fingerprint density at radius 3 is 2.60 bits per heavy atom. The van der Waals surface area contributed by atoms with E-state index in [4.69, 9.17) is 5.73 Å². The summed E-state index contributed by atoms with van der Waals surface area (Å²) in [6.45, 7) is 4.19. The van der Waals surface area contributed by atoms with Crippen LogP contribution < -0.4 is 11.1 Å². The second kappa shape index (κ2) is 8.02. The number of hydrogen-bond donors (Lipinski definition) is 2. The van der Waals surface area contributed by atoms with E-state index in [1.165, 1.54) is 32.4 Å². The molecule has 1 heterocycles. The molecule has 0 unspecified atom stereocenters. The first-order chi connectivity index (χ1) is 9.77. The molecule has 4 nitrogen and oxygen atoms in total. The van der Waals surface area contributed by atoms with Gasteiger partial charge in [-0.2, -0.15) is 0 Å². The van der Waals surface area contributed by atoms with Gasteiger partial charge in [-0.3, -0.25) is 4.79 Å². The van der Waals surface area contributed by atoms with E-state index >= 15 is 0 Å². The Hall–Kier alpha value is -1.39. The van der Waals surface area contributed by atoms with Gasteiger partial charge in [0.2, 0.25) is 5.91 Å². The van der Waals surface area contributed by atoms with E-state index in [9.17, 15) is 4.79 Å². The van der Waals surface area contributed by atoms with Gasteiger partial charge in [0.1, 0.15) is 6.04 Å². The molecule has 1 aromatic carbocycles. The third kappa shape index (κ3) is 4.62. The van der Waals surface area contributed by atoms with E-state index in [-0.39, 0.29) is 5.91 Å². The highest BCUT2D eigenvalue weighted by atomic mass is 16.2. The van der Waals surface area contributed by atoms with Crippen LogP contribution in [0.15, 0.2) is 30.3 Å². The van der Waals surface area contributed by atoms with Crippen molar-refractivity contribution >= 4 is 5.91 Å². The normalized spacial score (nSPS) is 17.6. The summed E-state index contributed by atoms with van der Waals surface area (Å²) < 4.78 is 0. The number of nitrogens with zero attached hydrogens (tertiary/aromatic N) is 1. The number of carbonyl (C=O) groups is 1. The van der Waals surface area contributed by atoms with Gasteiger partial charge in [-0.1, -0.05) is 36.8 Å². The van der Waals surface area contributed by atoms with E-state index < -0.39 is 6.04 Å². The third-order valence-corrected chi connectivity index (χ3v) is 3.84. The molecule has 1 aliphatic heterocycles. The van der Waals surface area contributed by atoms with Crippen LogP contribution in [0.2, 0.25) is 0 Å². The Labute approximate surface area is 121 Å². The largest absolute Gasteiger partial charge is 0.354 e. The SMILES string of the molecule is N[C@@H](C(=O)NCCCN1CCCCC1)c1ccccc1. The van der Waals surface area contributed by atoms with Crippen LogP contribution in [-0.2, 0) is 4.79 Å². The molecule has 0 aliphatic carbocycles. The number of benzene rings is 1. The van der Waals surface area contributed by atoms with Crippen molar-refractivity contribution in [2.75, 3.05) is 26.2 Å². The Balaban J connectivity index is 1.64. The number of nitrogens with two attached hydrogens (primary N) is 1. The highest BCUT2D eigenvalue weighted by Gasteiger charge is 2.15. The Bertz CT molecular complexity index is 401. The fourth-order valence-electron chi connectivity index (χ4n) is 2.62. The van der Waals surface area contributed by atoms with Crippen LogP contribution in [0, 0.1) is 0 Å². The van der Waals surface area contributed by atoms with Crippen LogP contribution in [0.1, 0.15) is 37.3 Å². The molecule has 1 amide bonds. The van der Waals surface area contributed by atoms with Crippen molar-refractivity contribution in [3.05, 3.63) is 35.9 Å². The lowest BCUT2D eigenvalue weighted by Gasteiger charge is -2.26. The van der Waals surface area contributed by atoms with Gasteiger partial charge in [-0.15, -0.1) is 0 Å². The van der Waals surface area contributed by atoms with Crippen molar-refractivity contribution in [3.8, 4) is 0 Å². The summed E-state index contributed by atoms with van der Waals surface area (Å²) in [4.78, 5) is 14.4. The van der Waals surface area contributed by atoms with Gasteiger partial charge in [0, 0.05) is 6.54 Å². The summed E-state index contributed by atoms with van der Waals surface area (Å²) in [6.07, 6.45) is 4.98. The molecule has 1 saturated heterocycles. The molecular weight excluding hydrogens is 250 g/mol. The van der Waals surface area contributed by atoms with Crippen molar-refractivity contribution in [2.24, 2.45) is 5.73 Å². The monoisotopic (exact) mass is 275 g/mol. The second-order valence-corrected chi connectivity index (χ2v) is 5.44. The zero-order chi connectivity index (χ0) is 14.2. The fourth-order valence-corrected chi connectivity index (χ4v) is 2.62. The quantitative estimate of drug-likeness (QED) is 0.777. The van der Waals surface area contributed by atoms with Crippen molar-refractivity contribution in [1.82, 2.24) is 10.2 Å². The maximum Gasteiger partial charge on any atom is 0.241 e. The highest BCUT2D eigenvalue weighted by molar-refractivity contribution is 5.82. The van der Waals surface area contributed by atoms with Gasteiger partial charge in [0.25, 0.3) is 0 Å². The van der Waals surface area contributed by atoms with Gasteiger partial charge in [-0.25, -0.2) is 0 Å². The summed E-state index contributed by atoms with van der Waals surface area (Å²) in [6, 6.07) is 8.94. The number of piperidine rings is 1. The van der Waals surface area contributed by atoms with E-state index in [2.05, 4.69) is 10.2 Å². The molecule has 0 aromatic heterocycles. The van der Waals surface area contributed by atoms with Gasteiger partial charge >= 0.3 is 0 Å². The van der Waals surface area contributed by atoms with Crippen molar-refractivity contribution in [1.29, 1.82) is 0 Å². The van der Waals surface area contributed by atoms with Crippen LogP contribution >= 0.6 is 0 Å². The number of hydrogen-bond acceptors (Lipinski definition) is 3. The lowest BCUT2D eigenvalue weighted by molar-refractivity contribution is -0.122.